The highest BCUT2D eigenvalue weighted by molar-refractivity contribution is 5.39. The molecule has 1 aromatic carbocycles. The van der Waals surface area contributed by atoms with Crippen LogP contribution in [-0.4, -0.2) is 9.78 Å². The molecule has 0 fully saturated rings. The summed E-state index contributed by atoms with van der Waals surface area (Å²) in [7, 11) is 1.78. The zero-order valence-corrected chi connectivity index (χ0v) is 9.72. The van der Waals surface area contributed by atoms with Crippen molar-refractivity contribution in [2.75, 3.05) is 0 Å². The standard InChI is InChI=1S/C12H14FN3O/c1-8(14)12-10(13)4-3-5-11(12)17-9-6-15-16(2)7-9/h3-8H,14H2,1-2H3. The number of hydrogen-bond acceptors (Lipinski definition) is 3. The molecule has 0 bridgehead atoms. The van der Waals surface area contributed by atoms with Gasteiger partial charge in [-0.3, -0.25) is 4.68 Å². The first kappa shape index (κ1) is 11.6. The minimum Gasteiger partial charge on any atom is -0.454 e. The second-order valence-corrected chi connectivity index (χ2v) is 3.89. The first-order chi connectivity index (χ1) is 8.08. The van der Waals surface area contributed by atoms with Crippen molar-refractivity contribution >= 4 is 0 Å². The van der Waals surface area contributed by atoms with Crippen molar-refractivity contribution in [1.29, 1.82) is 0 Å². The minimum absolute atomic E-state index is 0.360. The largest absolute Gasteiger partial charge is 0.454 e. The van der Waals surface area contributed by atoms with Gasteiger partial charge in [0.1, 0.15) is 11.6 Å². The maximum atomic E-state index is 13.6. The van der Waals surface area contributed by atoms with E-state index in [-0.39, 0.29) is 5.82 Å². The van der Waals surface area contributed by atoms with Gasteiger partial charge in [0, 0.05) is 18.7 Å². The molecule has 0 spiro atoms. The predicted molar refractivity (Wildman–Crippen MR) is 62.3 cm³/mol. The average Bonchev–Trinajstić information content (AvgIpc) is 2.63. The smallest absolute Gasteiger partial charge is 0.165 e. The maximum absolute atomic E-state index is 13.6. The Morgan fingerprint density at radius 1 is 1.47 bits per heavy atom. The highest BCUT2D eigenvalue weighted by atomic mass is 19.1. The summed E-state index contributed by atoms with van der Waals surface area (Å²) in [5.41, 5.74) is 6.11. The molecule has 1 aromatic heterocycles. The van der Waals surface area contributed by atoms with Gasteiger partial charge in [-0.25, -0.2) is 4.39 Å². The highest BCUT2D eigenvalue weighted by Crippen LogP contribution is 2.30. The molecule has 17 heavy (non-hydrogen) atoms. The number of halogens is 1. The third kappa shape index (κ3) is 2.45. The zero-order valence-electron chi connectivity index (χ0n) is 9.72. The summed E-state index contributed by atoms with van der Waals surface area (Å²) >= 11 is 0. The predicted octanol–water partition coefficient (Wildman–Crippen LogP) is 2.37. The van der Waals surface area contributed by atoms with Crippen molar-refractivity contribution in [3.63, 3.8) is 0 Å². The molecule has 90 valence electrons. The Morgan fingerprint density at radius 3 is 2.82 bits per heavy atom. The fourth-order valence-corrected chi connectivity index (χ4v) is 1.63. The van der Waals surface area contributed by atoms with E-state index >= 15 is 0 Å². The second-order valence-electron chi connectivity index (χ2n) is 3.89. The van der Waals surface area contributed by atoms with E-state index in [1.54, 1.807) is 43.2 Å². The van der Waals surface area contributed by atoms with Crippen LogP contribution in [0.3, 0.4) is 0 Å². The molecule has 1 atom stereocenters. The third-order valence-corrected chi connectivity index (χ3v) is 2.38. The van der Waals surface area contributed by atoms with Crippen LogP contribution in [0.15, 0.2) is 30.6 Å². The fraction of sp³-hybridized carbons (Fsp3) is 0.250. The Balaban J connectivity index is 2.35. The fourth-order valence-electron chi connectivity index (χ4n) is 1.63. The SMILES string of the molecule is CC(N)c1c(F)cccc1Oc1cnn(C)c1. The summed E-state index contributed by atoms with van der Waals surface area (Å²) < 4.78 is 20.8. The van der Waals surface area contributed by atoms with Gasteiger partial charge in [0.2, 0.25) is 0 Å². The number of aromatic nitrogens is 2. The molecular formula is C12H14FN3O. The van der Waals surface area contributed by atoms with Gasteiger partial charge in [-0.05, 0) is 19.1 Å². The molecular weight excluding hydrogens is 221 g/mol. The van der Waals surface area contributed by atoms with Gasteiger partial charge in [0.15, 0.2) is 5.75 Å². The Bertz CT molecular complexity index is 522. The molecule has 0 amide bonds. The van der Waals surface area contributed by atoms with Crippen LogP contribution < -0.4 is 10.5 Å². The second kappa shape index (κ2) is 4.55. The van der Waals surface area contributed by atoms with E-state index in [9.17, 15) is 4.39 Å². The number of benzene rings is 1. The van der Waals surface area contributed by atoms with Gasteiger partial charge >= 0.3 is 0 Å². The Morgan fingerprint density at radius 2 is 2.24 bits per heavy atom. The molecule has 5 heteroatoms. The summed E-state index contributed by atoms with van der Waals surface area (Å²) in [6, 6.07) is 4.22. The first-order valence-corrected chi connectivity index (χ1v) is 5.28. The Hall–Kier alpha value is -1.88. The number of hydrogen-bond donors (Lipinski definition) is 1. The zero-order chi connectivity index (χ0) is 12.4. The molecule has 2 N–H and O–H groups in total. The Kier molecular flexibility index (Phi) is 3.10. The van der Waals surface area contributed by atoms with Gasteiger partial charge in [-0.1, -0.05) is 6.07 Å². The lowest BCUT2D eigenvalue weighted by molar-refractivity contribution is 0.460. The molecule has 2 aromatic rings. The van der Waals surface area contributed by atoms with Gasteiger partial charge in [0.25, 0.3) is 0 Å². The normalized spacial score (nSPS) is 12.5. The van der Waals surface area contributed by atoms with Gasteiger partial charge in [-0.2, -0.15) is 5.10 Å². The summed E-state index contributed by atoms with van der Waals surface area (Å²) in [5.74, 6) is 0.620. The van der Waals surface area contributed by atoms with Gasteiger partial charge < -0.3 is 10.5 Å². The van der Waals surface area contributed by atoms with Crippen molar-refractivity contribution < 1.29 is 9.13 Å². The van der Waals surface area contributed by atoms with Crippen LogP contribution in [0.2, 0.25) is 0 Å². The number of ether oxygens (including phenoxy) is 1. The number of nitrogens with zero attached hydrogens (tertiary/aromatic N) is 2. The molecule has 2 rings (SSSR count). The summed E-state index contributed by atoms with van der Waals surface area (Å²) in [6.07, 6.45) is 3.27. The molecule has 1 heterocycles. The van der Waals surface area contributed by atoms with Gasteiger partial charge in [-0.15, -0.1) is 0 Å². The number of nitrogens with two attached hydrogens (primary N) is 1. The van der Waals surface area contributed by atoms with Crippen LogP contribution in [0.25, 0.3) is 0 Å². The molecule has 0 aliphatic rings. The average molecular weight is 235 g/mol. The maximum Gasteiger partial charge on any atom is 0.165 e. The van der Waals surface area contributed by atoms with E-state index in [4.69, 9.17) is 10.5 Å². The van der Waals surface area contributed by atoms with Crippen LogP contribution in [0.5, 0.6) is 11.5 Å². The minimum atomic E-state index is -0.428. The third-order valence-electron chi connectivity index (χ3n) is 2.38. The van der Waals surface area contributed by atoms with Crippen LogP contribution >= 0.6 is 0 Å². The Labute approximate surface area is 98.8 Å². The van der Waals surface area contributed by atoms with E-state index in [0.29, 0.717) is 17.1 Å². The molecule has 0 aliphatic heterocycles. The summed E-state index contributed by atoms with van der Waals surface area (Å²) in [6.45, 7) is 1.72. The number of aryl methyl sites for hydroxylation is 1. The lowest BCUT2D eigenvalue weighted by atomic mass is 10.1. The highest BCUT2D eigenvalue weighted by Gasteiger charge is 2.14. The molecule has 4 nitrogen and oxygen atoms in total. The topological polar surface area (TPSA) is 53.1 Å². The number of rotatable bonds is 3. The van der Waals surface area contributed by atoms with Crippen LogP contribution in [0.4, 0.5) is 4.39 Å². The van der Waals surface area contributed by atoms with E-state index in [2.05, 4.69) is 5.10 Å². The molecule has 1 unspecified atom stereocenters. The first-order valence-electron chi connectivity index (χ1n) is 5.28. The van der Waals surface area contributed by atoms with E-state index in [1.807, 2.05) is 0 Å². The van der Waals surface area contributed by atoms with Crippen molar-refractivity contribution in [3.8, 4) is 11.5 Å². The lowest BCUT2D eigenvalue weighted by Gasteiger charge is -2.13. The van der Waals surface area contributed by atoms with Crippen LogP contribution in [0, 0.1) is 5.82 Å². The molecule has 0 saturated carbocycles. The monoisotopic (exact) mass is 235 g/mol. The molecule has 0 aliphatic carbocycles. The van der Waals surface area contributed by atoms with Crippen molar-refractivity contribution in [1.82, 2.24) is 9.78 Å². The molecule has 0 radical (unpaired) electrons. The lowest BCUT2D eigenvalue weighted by Crippen LogP contribution is -2.09. The van der Waals surface area contributed by atoms with E-state index in [0.717, 1.165) is 0 Å². The van der Waals surface area contributed by atoms with Crippen molar-refractivity contribution in [2.24, 2.45) is 12.8 Å². The summed E-state index contributed by atoms with van der Waals surface area (Å²) in [4.78, 5) is 0. The van der Waals surface area contributed by atoms with Crippen LogP contribution in [-0.2, 0) is 7.05 Å². The molecule has 0 saturated heterocycles. The van der Waals surface area contributed by atoms with E-state index in [1.165, 1.54) is 6.07 Å². The van der Waals surface area contributed by atoms with E-state index < -0.39 is 6.04 Å². The summed E-state index contributed by atoms with van der Waals surface area (Å²) in [5, 5.41) is 3.98. The quantitative estimate of drug-likeness (QED) is 0.888. The van der Waals surface area contributed by atoms with Crippen LogP contribution in [0.1, 0.15) is 18.5 Å². The van der Waals surface area contributed by atoms with Crippen molar-refractivity contribution in [2.45, 2.75) is 13.0 Å². The van der Waals surface area contributed by atoms with Crippen molar-refractivity contribution in [3.05, 3.63) is 42.0 Å². The van der Waals surface area contributed by atoms with Gasteiger partial charge in [0.05, 0.1) is 12.4 Å².